The van der Waals surface area contributed by atoms with Crippen molar-refractivity contribution in [3.8, 4) is 0 Å². The number of carbonyl (C=O) groups is 1. The highest BCUT2D eigenvalue weighted by molar-refractivity contribution is 5.89. The van der Waals surface area contributed by atoms with Crippen LogP contribution in [0.3, 0.4) is 0 Å². The van der Waals surface area contributed by atoms with Crippen LogP contribution in [0.4, 0.5) is 0 Å². The van der Waals surface area contributed by atoms with Gasteiger partial charge < -0.3 is 4.74 Å². The third kappa shape index (κ3) is 5.07. The van der Waals surface area contributed by atoms with Crippen LogP contribution in [-0.4, -0.2) is 11.6 Å². The number of carbonyl (C=O) groups excluding carboxylic acids is 1. The quantitative estimate of drug-likeness (QED) is 0.721. The Morgan fingerprint density at radius 3 is 2.14 bits per heavy atom. The summed E-state index contributed by atoms with van der Waals surface area (Å²) in [5.74, 6) is -0.250. The molecule has 0 bridgehead atoms. The molecule has 0 heterocycles. The fraction of sp³-hybridized carbons (Fsp3) is 0.316. The van der Waals surface area contributed by atoms with Crippen molar-refractivity contribution in [2.75, 3.05) is 0 Å². The second-order valence-corrected chi connectivity index (χ2v) is 5.85. The minimum Gasteiger partial charge on any atom is -0.456 e. The van der Waals surface area contributed by atoms with E-state index >= 15 is 0 Å². The van der Waals surface area contributed by atoms with Gasteiger partial charge in [-0.15, -0.1) is 0 Å². The molecule has 0 N–H and O–H groups in total. The standard InChI is InChI=1S/C19H22O2/c1-19(2,15-9-12-16-10-5-3-6-11-16)21-18(20)17-13-7-4-8-14-17/h3-8,10-11,13-14H,9,12,15H2,1-2H3. The van der Waals surface area contributed by atoms with Crippen molar-refractivity contribution in [1.29, 1.82) is 0 Å². The van der Waals surface area contributed by atoms with Gasteiger partial charge in [-0.25, -0.2) is 4.79 Å². The predicted octanol–water partition coefficient (Wildman–Crippen LogP) is 4.64. The molecule has 0 aliphatic rings. The van der Waals surface area contributed by atoms with Crippen LogP contribution in [0.2, 0.25) is 0 Å². The second-order valence-electron chi connectivity index (χ2n) is 5.85. The molecule has 2 nitrogen and oxygen atoms in total. The number of rotatable bonds is 6. The van der Waals surface area contributed by atoms with E-state index in [0.29, 0.717) is 5.56 Å². The van der Waals surface area contributed by atoms with Crippen molar-refractivity contribution in [3.05, 3.63) is 71.8 Å². The Hall–Kier alpha value is -2.09. The molecule has 110 valence electrons. The van der Waals surface area contributed by atoms with Gasteiger partial charge in [-0.05, 0) is 50.8 Å². The Bertz CT molecular complexity index is 559. The van der Waals surface area contributed by atoms with Crippen LogP contribution in [-0.2, 0) is 11.2 Å². The first kappa shape index (κ1) is 15.3. The largest absolute Gasteiger partial charge is 0.456 e. The van der Waals surface area contributed by atoms with Crippen molar-refractivity contribution in [3.63, 3.8) is 0 Å². The van der Waals surface area contributed by atoms with E-state index in [-0.39, 0.29) is 5.97 Å². The van der Waals surface area contributed by atoms with Gasteiger partial charge in [0.1, 0.15) is 5.60 Å². The molecule has 0 spiro atoms. The van der Waals surface area contributed by atoms with Gasteiger partial charge in [0, 0.05) is 0 Å². The molecule has 0 unspecified atom stereocenters. The van der Waals surface area contributed by atoms with Crippen molar-refractivity contribution in [2.24, 2.45) is 0 Å². The molecule has 0 aliphatic heterocycles. The van der Waals surface area contributed by atoms with Gasteiger partial charge in [0.05, 0.1) is 5.56 Å². The average molecular weight is 282 g/mol. The molecular formula is C19H22O2. The smallest absolute Gasteiger partial charge is 0.338 e. The molecule has 2 rings (SSSR count). The van der Waals surface area contributed by atoms with E-state index in [2.05, 4.69) is 24.3 Å². The molecule has 0 aromatic heterocycles. The van der Waals surface area contributed by atoms with Crippen molar-refractivity contribution >= 4 is 5.97 Å². The molecule has 0 saturated heterocycles. The molecule has 2 aromatic rings. The average Bonchev–Trinajstić information content (AvgIpc) is 2.48. The van der Waals surface area contributed by atoms with Gasteiger partial charge in [0.2, 0.25) is 0 Å². The van der Waals surface area contributed by atoms with E-state index in [1.54, 1.807) is 12.1 Å². The molecule has 0 aliphatic carbocycles. The summed E-state index contributed by atoms with van der Waals surface area (Å²) in [4.78, 5) is 12.1. The maximum atomic E-state index is 12.1. The third-order valence-corrected chi connectivity index (χ3v) is 3.47. The van der Waals surface area contributed by atoms with E-state index < -0.39 is 5.60 Å². The number of esters is 1. The van der Waals surface area contributed by atoms with Crippen LogP contribution in [0.15, 0.2) is 60.7 Å². The van der Waals surface area contributed by atoms with Crippen LogP contribution in [0.25, 0.3) is 0 Å². The van der Waals surface area contributed by atoms with Gasteiger partial charge in [0.15, 0.2) is 0 Å². The first-order valence-corrected chi connectivity index (χ1v) is 7.39. The van der Waals surface area contributed by atoms with E-state index in [9.17, 15) is 4.79 Å². The Morgan fingerprint density at radius 1 is 0.952 bits per heavy atom. The third-order valence-electron chi connectivity index (χ3n) is 3.47. The number of hydrogen-bond acceptors (Lipinski definition) is 2. The normalized spacial score (nSPS) is 11.1. The first-order valence-electron chi connectivity index (χ1n) is 7.39. The molecule has 0 fully saturated rings. The van der Waals surface area contributed by atoms with Crippen LogP contribution < -0.4 is 0 Å². The summed E-state index contributed by atoms with van der Waals surface area (Å²) in [6, 6.07) is 19.5. The summed E-state index contributed by atoms with van der Waals surface area (Å²) in [5.41, 5.74) is 1.48. The predicted molar refractivity (Wildman–Crippen MR) is 85.3 cm³/mol. The lowest BCUT2D eigenvalue weighted by atomic mass is 9.98. The van der Waals surface area contributed by atoms with Gasteiger partial charge >= 0.3 is 5.97 Å². The summed E-state index contributed by atoms with van der Waals surface area (Å²) in [6.45, 7) is 3.94. The zero-order valence-electron chi connectivity index (χ0n) is 12.7. The van der Waals surface area contributed by atoms with Crippen molar-refractivity contribution < 1.29 is 9.53 Å². The second kappa shape index (κ2) is 7.07. The molecule has 0 amide bonds. The topological polar surface area (TPSA) is 26.3 Å². The summed E-state index contributed by atoms with van der Waals surface area (Å²) in [5, 5.41) is 0. The zero-order valence-corrected chi connectivity index (χ0v) is 12.7. The van der Waals surface area contributed by atoms with Gasteiger partial charge in [-0.1, -0.05) is 48.5 Å². The lowest BCUT2D eigenvalue weighted by molar-refractivity contribution is -0.00520. The van der Waals surface area contributed by atoms with Gasteiger partial charge in [-0.3, -0.25) is 0 Å². The molecule has 0 saturated carbocycles. The van der Waals surface area contributed by atoms with Crippen molar-refractivity contribution in [1.82, 2.24) is 0 Å². The Labute approximate surface area is 126 Å². The fourth-order valence-corrected chi connectivity index (χ4v) is 2.30. The monoisotopic (exact) mass is 282 g/mol. The molecule has 21 heavy (non-hydrogen) atoms. The number of benzene rings is 2. The molecule has 0 radical (unpaired) electrons. The van der Waals surface area contributed by atoms with Gasteiger partial charge in [-0.2, -0.15) is 0 Å². The first-order chi connectivity index (χ1) is 10.1. The van der Waals surface area contributed by atoms with Crippen LogP contribution in [0.1, 0.15) is 42.6 Å². The lowest BCUT2D eigenvalue weighted by Crippen LogP contribution is -2.28. The molecular weight excluding hydrogens is 260 g/mol. The summed E-state index contributed by atoms with van der Waals surface area (Å²) in [7, 11) is 0. The molecule has 2 heteroatoms. The number of ether oxygens (including phenoxy) is 1. The maximum Gasteiger partial charge on any atom is 0.338 e. The Balaban J connectivity index is 1.83. The van der Waals surface area contributed by atoms with E-state index in [0.717, 1.165) is 19.3 Å². The van der Waals surface area contributed by atoms with Crippen LogP contribution in [0, 0.1) is 0 Å². The SMILES string of the molecule is CC(C)(CCCc1ccccc1)OC(=O)c1ccccc1. The highest BCUT2D eigenvalue weighted by atomic mass is 16.6. The number of hydrogen-bond donors (Lipinski definition) is 0. The fourth-order valence-electron chi connectivity index (χ4n) is 2.30. The zero-order chi connectivity index (χ0) is 15.1. The van der Waals surface area contributed by atoms with E-state index in [1.807, 2.05) is 38.1 Å². The lowest BCUT2D eigenvalue weighted by Gasteiger charge is -2.25. The van der Waals surface area contributed by atoms with Crippen LogP contribution in [0.5, 0.6) is 0 Å². The molecule has 0 atom stereocenters. The Kier molecular flexibility index (Phi) is 5.15. The summed E-state index contributed by atoms with van der Waals surface area (Å²) >= 11 is 0. The van der Waals surface area contributed by atoms with E-state index in [4.69, 9.17) is 4.74 Å². The minimum atomic E-state index is -0.443. The van der Waals surface area contributed by atoms with Gasteiger partial charge in [0.25, 0.3) is 0 Å². The molecule has 2 aromatic carbocycles. The summed E-state index contributed by atoms with van der Waals surface area (Å²) < 4.78 is 5.62. The van der Waals surface area contributed by atoms with E-state index in [1.165, 1.54) is 5.56 Å². The maximum absolute atomic E-state index is 12.1. The highest BCUT2D eigenvalue weighted by Crippen LogP contribution is 2.20. The van der Waals surface area contributed by atoms with Crippen LogP contribution >= 0.6 is 0 Å². The number of aryl methyl sites for hydroxylation is 1. The minimum absolute atomic E-state index is 0.250. The Morgan fingerprint density at radius 2 is 1.52 bits per heavy atom. The van der Waals surface area contributed by atoms with Crippen molar-refractivity contribution in [2.45, 2.75) is 38.7 Å². The highest BCUT2D eigenvalue weighted by Gasteiger charge is 2.23. The summed E-state index contributed by atoms with van der Waals surface area (Å²) in [6.07, 6.45) is 2.85.